The molecule has 1 fully saturated rings. The number of carbonyl (C=O) groups excluding carboxylic acids is 1. The van der Waals surface area contributed by atoms with E-state index < -0.39 is 12.0 Å². The zero-order valence-electron chi connectivity index (χ0n) is 24.7. The first-order chi connectivity index (χ1) is 20.4. The van der Waals surface area contributed by atoms with E-state index in [9.17, 15) is 14.7 Å². The van der Waals surface area contributed by atoms with Crippen molar-refractivity contribution in [2.75, 3.05) is 17.8 Å². The molecule has 0 aromatic heterocycles. The SMILES string of the molecule is CSCC[C@H](NC(=O)c1ccc(COC(CSc2ccccc2)CC2CCCCC2)cc1-c1ccccc1C)C(=O)O.[LiH]. The molecule has 1 amide bonds. The molecule has 1 aliphatic carbocycles. The fraction of sp³-hybridized carbons (Fsp3) is 0.429. The van der Waals surface area contributed by atoms with Crippen LogP contribution in [0.1, 0.15) is 66.4 Å². The molecule has 1 aliphatic rings. The molecule has 1 saturated carbocycles. The van der Waals surface area contributed by atoms with Gasteiger partial charge in [0, 0.05) is 16.2 Å². The summed E-state index contributed by atoms with van der Waals surface area (Å²) in [6.45, 7) is 2.48. The van der Waals surface area contributed by atoms with Crippen LogP contribution in [0.4, 0.5) is 0 Å². The summed E-state index contributed by atoms with van der Waals surface area (Å²) in [7, 11) is 0. The Labute approximate surface area is 277 Å². The number of amides is 1. The number of hydrogen-bond acceptors (Lipinski definition) is 5. The summed E-state index contributed by atoms with van der Waals surface area (Å²) in [6, 6.07) is 23.3. The normalized spacial score (nSPS) is 14.8. The molecule has 0 aliphatic heterocycles. The van der Waals surface area contributed by atoms with Crippen molar-refractivity contribution in [2.45, 2.75) is 75.5 Å². The predicted octanol–water partition coefficient (Wildman–Crippen LogP) is 7.60. The van der Waals surface area contributed by atoms with Gasteiger partial charge in [-0.1, -0.05) is 80.6 Å². The molecule has 3 aromatic carbocycles. The van der Waals surface area contributed by atoms with Gasteiger partial charge in [-0.2, -0.15) is 11.8 Å². The first-order valence-corrected chi connectivity index (χ1v) is 17.3. The molecule has 4 rings (SSSR count). The fourth-order valence-corrected chi connectivity index (χ4v) is 7.04. The number of carboxylic acids is 1. The van der Waals surface area contributed by atoms with Crippen molar-refractivity contribution in [3.8, 4) is 11.1 Å². The minimum absolute atomic E-state index is 0. The van der Waals surface area contributed by atoms with Crippen molar-refractivity contribution in [2.24, 2.45) is 5.92 Å². The number of thioether (sulfide) groups is 2. The van der Waals surface area contributed by atoms with E-state index in [1.807, 2.05) is 73.5 Å². The Morgan fingerprint density at radius 1 is 0.977 bits per heavy atom. The van der Waals surface area contributed by atoms with Gasteiger partial charge in [0.1, 0.15) is 6.04 Å². The summed E-state index contributed by atoms with van der Waals surface area (Å²) >= 11 is 3.41. The van der Waals surface area contributed by atoms with Gasteiger partial charge in [-0.25, -0.2) is 4.79 Å². The van der Waals surface area contributed by atoms with E-state index in [1.165, 1.54) is 37.0 Å². The third-order valence-electron chi connectivity index (χ3n) is 7.96. The van der Waals surface area contributed by atoms with Crippen LogP contribution in [-0.4, -0.2) is 65.8 Å². The second kappa shape index (κ2) is 18.6. The molecule has 2 atom stereocenters. The molecule has 8 heteroatoms. The molecule has 0 saturated heterocycles. The number of benzene rings is 3. The number of aliphatic carboxylic acids is 1. The molecule has 5 nitrogen and oxygen atoms in total. The van der Waals surface area contributed by atoms with E-state index in [1.54, 1.807) is 11.8 Å². The molecule has 226 valence electrons. The average molecular weight is 614 g/mol. The van der Waals surface area contributed by atoms with Crippen molar-refractivity contribution in [1.82, 2.24) is 5.32 Å². The van der Waals surface area contributed by atoms with Crippen molar-refractivity contribution in [1.29, 1.82) is 0 Å². The maximum atomic E-state index is 13.4. The van der Waals surface area contributed by atoms with E-state index in [0.29, 0.717) is 30.3 Å². The number of rotatable bonds is 15. The van der Waals surface area contributed by atoms with Crippen LogP contribution in [-0.2, 0) is 16.1 Å². The van der Waals surface area contributed by atoms with Gasteiger partial charge in [0.25, 0.3) is 5.91 Å². The average Bonchev–Trinajstić information content (AvgIpc) is 3.01. The first-order valence-electron chi connectivity index (χ1n) is 15.0. The van der Waals surface area contributed by atoms with Gasteiger partial charge in [0.15, 0.2) is 0 Å². The third kappa shape index (κ3) is 11.1. The number of carbonyl (C=O) groups is 2. The molecule has 0 bridgehead atoms. The molecule has 0 radical (unpaired) electrons. The van der Waals surface area contributed by atoms with Crippen LogP contribution in [0, 0.1) is 12.8 Å². The van der Waals surface area contributed by atoms with Crippen molar-refractivity contribution < 1.29 is 19.4 Å². The first kappa shape index (κ1) is 35.3. The Hall–Kier alpha value is -2.14. The van der Waals surface area contributed by atoms with Gasteiger partial charge in [-0.05, 0) is 84.2 Å². The molecule has 43 heavy (non-hydrogen) atoms. The van der Waals surface area contributed by atoms with Gasteiger partial charge in [0.05, 0.1) is 12.7 Å². The number of carboxylic acid groups (broad SMARTS) is 1. The molecular weight excluding hydrogens is 569 g/mol. The molecule has 1 unspecified atom stereocenters. The van der Waals surface area contributed by atoms with Crippen LogP contribution in [0.25, 0.3) is 11.1 Å². The Balaban J connectivity index is 0.00000506. The monoisotopic (exact) mass is 613 g/mol. The maximum absolute atomic E-state index is 13.4. The zero-order chi connectivity index (χ0) is 29.7. The van der Waals surface area contributed by atoms with Crippen LogP contribution in [0.5, 0.6) is 0 Å². The quantitative estimate of drug-likeness (QED) is 0.136. The Morgan fingerprint density at radius 2 is 1.70 bits per heavy atom. The van der Waals surface area contributed by atoms with Crippen LogP contribution < -0.4 is 5.32 Å². The van der Waals surface area contributed by atoms with Gasteiger partial charge in [-0.3, -0.25) is 4.79 Å². The van der Waals surface area contributed by atoms with E-state index in [4.69, 9.17) is 4.74 Å². The third-order valence-corrected chi connectivity index (χ3v) is 9.75. The fourth-order valence-electron chi connectivity index (χ4n) is 5.60. The van der Waals surface area contributed by atoms with E-state index in [-0.39, 0.29) is 30.9 Å². The topological polar surface area (TPSA) is 75.6 Å². The summed E-state index contributed by atoms with van der Waals surface area (Å²) in [4.78, 5) is 26.5. The van der Waals surface area contributed by atoms with Crippen molar-refractivity contribution in [3.63, 3.8) is 0 Å². The van der Waals surface area contributed by atoms with E-state index in [2.05, 4.69) is 29.6 Å². The van der Waals surface area contributed by atoms with Crippen molar-refractivity contribution >= 4 is 54.3 Å². The van der Waals surface area contributed by atoms with E-state index in [0.717, 1.165) is 34.4 Å². The zero-order valence-corrected chi connectivity index (χ0v) is 26.4. The second-order valence-corrected chi connectivity index (χ2v) is 13.2. The summed E-state index contributed by atoms with van der Waals surface area (Å²) < 4.78 is 6.61. The van der Waals surface area contributed by atoms with Crippen molar-refractivity contribution in [3.05, 3.63) is 89.5 Å². The Kier molecular flexibility index (Phi) is 15.3. The van der Waals surface area contributed by atoms with E-state index >= 15 is 0 Å². The van der Waals surface area contributed by atoms with Gasteiger partial charge >= 0.3 is 24.8 Å². The van der Waals surface area contributed by atoms with Crippen LogP contribution in [0.2, 0.25) is 0 Å². The number of ether oxygens (including phenoxy) is 1. The number of nitrogens with one attached hydrogen (secondary N) is 1. The van der Waals surface area contributed by atoms with Gasteiger partial charge in [-0.15, -0.1) is 11.8 Å². The minimum atomic E-state index is -1.02. The summed E-state index contributed by atoms with van der Waals surface area (Å²) in [6.07, 6.45) is 10.0. The van der Waals surface area contributed by atoms with Gasteiger partial charge < -0.3 is 15.2 Å². The molecule has 3 aromatic rings. The number of hydrogen-bond donors (Lipinski definition) is 2. The Morgan fingerprint density at radius 3 is 2.40 bits per heavy atom. The van der Waals surface area contributed by atoms with Crippen LogP contribution in [0.3, 0.4) is 0 Å². The Bertz CT molecular complexity index is 1300. The summed E-state index contributed by atoms with van der Waals surface area (Å²) in [5, 5.41) is 12.4. The summed E-state index contributed by atoms with van der Waals surface area (Å²) in [5.41, 5.74) is 4.28. The predicted molar refractivity (Wildman–Crippen MR) is 183 cm³/mol. The molecule has 0 spiro atoms. The molecular formula is C35H44LiNO4S2. The summed E-state index contributed by atoms with van der Waals surface area (Å²) in [5.74, 6) is 0.879. The molecule has 2 N–H and O–H groups in total. The van der Waals surface area contributed by atoms with Crippen LogP contribution in [0.15, 0.2) is 77.7 Å². The molecule has 0 heterocycles. The number of aryl methyl sites for hydroxylation is 1. The van der Waals surface area contributed by atoms with Gasteiger partial charge in [0.2, 0.25) is 0 Å². The van der Waals surface area contributed by atoms with Crippen LogP contribution >= 0.6 is 23.5 Å². The standard InChI is InChI=1S/C35H43NO4S2.Li.H/c1-25-11-9-10-16-30(25)32-22-27(17-18-31(32)34(37)36-33(35(38)39)19-20-41-2)23-40-28(21-26-12-5-3-6-13-26)24-42-29-14-7-4-8-15-29;;/h4,7-11,14-18,22,26,28,33H,3,5-6,12-13,19-21,23-24H2,1-2H3,(H,36,37)(H,38,39);;/t28?,33-;;/m0../s1. The second-order valence-electron chi connectivity index (χ2n) is 11.1.